The zero-order valence-corrected chi connectivity index (χ0v) is 15.8. The minimum absolute atomic E-state index is 0.231. The predicted molar refractivity (Wildman–Crippen MR) is 104 cm³/mol. The number of likely N-dealkylation sites (tertiary alicyclic amines) is 1. The maximum atomic E-state index is 13.8. The molecule has 1 saturated heterocycles. The van der Waals surface area contributed by atoms with Crippen LogP contribution in [0, 0.1) is 5.41 Å². The molecule has 1 aromatic carbocycles. The van der Waals surface area contributed by atoms with Gasteiger partial charge in [0.15, 0.2) is 0 Å². The number of benzene rings is 1. The van der Waals surface area contributed by atoms with Crippen LogP contribution >= 0.6 is 0 Å². The first-order valence-electron chi connectivity index (χ1n) is 10.4. The Labute approximate surface area is 161 Å². The number of aromatic nitrogens is 2. The lowest BCUT2D eigenvalue weighted by Crippen LogP contribution is -2.45. The minimum Gasteiger partial charge on any atom is -0.342 e. The zero-order chi connectivity index (χ0) is 18.3. The van der Waals surface area contributed by atoms with E-state index in [0.717, 1.165) is 38.0 Å². The monoisotopic (exact) mass is 361 g/mol. The lowest BCUT2D eigenvalue weighted by atomic mass is 9.82. The van der Waals surface area contributed by atoms with E-state index in [1.165, 1.54) is 31.2 Å². The molecule has 4 heteroatoms. The van der Waals surface area contributed by atoms with Crippen LogP contribution in [0.5, 0.6) is 0 Å². The summed E-state index contributed by atoms with van der Waals surface area (Å²) < 4.78 is 0. The second kappa shape index (κ2) is 6.43. The van der Waals surface area contributed by atoms with Crippen molar-refractivity contribution in [1.29, 1.82) is 0 Å². The number of nitrogens with zero attached hydrogens (tertiary/aromatic N) is 3. The fourth-order valence-electron chi connectivity index (χ4n) is 5.87. The summed E-state index contributed by atoms with van der Waals surface area (Å²) in [5, 5.41) is 0. The molecule has 2 aliphatic carbocycles. The maximum absolute atomic E-state index is 13.8. The number of rotatable bonds is 3. The first-order valence-corrected chi connectivity index (χ1v) is 10.4. The van der Waals surface area contributed by atoms with Crippen LogP contribution in [0.2, 0.25) is 0 Å². The molecule has 2 heterocycles. The molecule has 1 spiro atoms. The van der Waals surface area contributed by atoms with E-state index >= 15 is 0 Å². The summed E-state index contributed by atoms with van der Waals surface area (Å²) in [5.41, 5.74) is 2.34. The predicted octanol–water partition coefficient (Wildman–Crippen LogP) is 4.08. The molecular formula is C23H27N3O. The van der Waals surface area contributed by atoms with Gasteiger partial charge in [0.25, 0.3) is 0 Å². The summed E-state index contributed by atoms with van der Waals surface area (Å²) in [7, 11) is 0. The fourth-order valence-corrected chi connectivity index (χ4v) is 5.87. The Morgan fingerprint density at radius 2 is 1.78 bits per heavy atom. The molecule has 3 fully saturated rings. The fraction of sp³-hybridized carbons (Fsp3) is 0.522. The molecule has 0 bridgehead atoms. The molecule has 1 unspecified atom stereocenters. The third kappa shape index (κ3) is 2.60. The second-order valence-corrected chi connectivity index (χ2v) is 8.64. The summed E-state index contributed by atoms with van der Waals surface area (Å²) >= 11 is 0. The molecule has 27 heavy (non-hydrogen) atoms. The molecule has 1 amide bonds. The molecule has 2 aromatic rings. The van der Waals surface area contributed by atoms with Crippen LogP contribution in [-0.4, -0.2) is 33.9 Å². The molecule has 140 valence electrons. The van der Waals surface area contributed by atoms with E-state index in [1.807, 2.05) is 12.3 Å². The first kappa shape index (κ1) is 16.9. The van der Waals surface area contributed by atoms with Crippen LogP contribution in [0.1, 0.15) is 62.1 Å². The highest BCUT2D eigenvalue weighted by Gasteiger charge is 2.73. The van der Waals surface area contributed by atoms with Crippen LogP contribution in [0.25, 0.3) is 0 Å². The summed E-state index contributed by atoms with van der Waals surface area (Å²) in [6, 6.07) is 12.6. The molecular weight excluding hydrogens is 334 g/mol. The van der Waals surface area contributed by atoms with Gasteiger partial charge in [-0.1, -0.05) is 43.2 Å². The van der Waals surface area contributed by atoms with Crippen LogP contribution in [0.4, 0.5) is 0 Å². The van der Waals surface area contributed by atoms with E-state index in [-0.39, 0.29) is 10.8 Å². The minimum atomic E-state index is -0.257. The van der Waals surface area contributed by atoms with Gasteiger partial charge in [-0.15, -0.1) is 0 Å². The van der Waals surface area contributed by atoms with Gasteiger partial charge in [-0.3, -0.25) is 4.79 Å². The number of hydrogen-bond acceptors (Lipinski definition) is 3. The van der Waals surface area contributed by atoms with Crippen LogP contribution in [0.3, 0.4) is 0 Å². The van der Waals surface area contributed by atoms with Crippen molar-refractivity contribution in [3.05, 3.63) is 60.2 Å². The molecule has 0 N–H and O–H groups in total. The van der Waals surface area contributed by atoms with Crippen molar-refractivity contribution in [2.45, 2.75) is 56.3 Å². The number of carbonyl (C=O) groups is 1. The molecule has 1 aromatic heterocycles. The molecule has 2 saturated carbocycles. The lowest BCUT2D eigenvalue weighted by molar-refractivity contribution is -0.136. The largest absolute Gasteiger partial charge is 0.342 e. The van der Waals surface area contributed by atoms with Gasteiger partial charge in [-0.2, -0.15) is 0 Å². The number of hydrogen-bond donors (Lipinski definition) is 0. The molecule has 1 atom stereocenters. The Bertz CT molecular complexity index is 808. The van der Waals surface area contributed by atoms with Crippen molar-refractivity contribution in [2.75, 3.05) is 13.1 Å². The van der Waals surface area contributed by atoms with Crippen LogP contribution in [0.15, 0.2) is 48.9 Å². The highest BCUT2D eigenvalue weighted by molar-refractivity contribution is 5.93. The Balaban J connectivity index is 1.36. The SMILES string of the molecule is O=C(N1CCC(c2ccncn2)CC1)C1(c2ccccc2)CC12CCCC2. The second-order valence-electron chi connectivity index (χ2n) is 8.64. The zero-order valence-electron chi connectivity index (χ0n) is 15.8. The molecule has 1 aliphatic heterocycles. The standard InChI is InChI=1S/C23H27N3O/c27-21(26-14-9-18(10-15-26)20-8-13-24-17-25-20)23(19-6-2-1-3-7-19)16-22(23)11-4-5-12-22/h1-3,6-8,13,17-18H,4-5,9-12,14-16H2. The van der Waals surface area contributed by atoms with Gasteiger partial charge < -0.3 is 4.90 Å². The Morgan fingerprint density at radius 3 is 2.44 bits per heavy atom. The van der Waals surface area contributed by atoms with E-state index in [1.54, 1.807) is 6.33 Å². The van der Waals surface area contributed by atoms with Crippen molar-refractivity contribution >= 4 is 5.91 Å². The average Bonchev–Trinajstić information content (AvgIpc) is 3.15. The summed E-state index contributed by atoms with van der Waals surface area (Å²) in [4.78, 5) is 24.4. The van der Waals surface area contributed by atoms with Gasteiger partial charge >= 0.3 is 0 Å². The third-order valence-electron chi connectivity index (χ3n) is 7.38. The summed E-state index contributed by atoms with van der Waals surface area (Å²) in [6.45, 7) is 1.69. The smallest absolute Gasteiger partial charge is 0.233 e. The van der Waals surface area contributed by atoms with Gasteiger partial charge in [0, 0.05) is 30.9 Å². The topological polar surface area (TPSA) is 46.1 Å². The van der Waals surface area contributed by atoms with Gasteiger partial charge in [-0.25, -0.2) is 9.97 Å². The van der Waals surface area contributed by atoms with E-state index in [4.69, 9.17) is 0 Å². The Morgan fingerprint density at radius 1 is 1.04 bits per heavy atom. The summed E-state index contributed by atoms with van der Waals surface area (Å²) in [6.07, 6.45) is 11.5. The van der Waals surface area contributed by atoms with E-state index in [9.17, 15) is 4.79 Å². The van der Waals surface area contributed by atoms with E-state index < -0.39 is 0 Å². The molecule has 5 rings (SSSR count). The molecule has 0 radical (unpaired) electrons. The summed E-state index contributed by atoms with van der Waals surface area (Å²) in [5.74, 6) is 0.834. The van der Waals surface area contributed by atoms with Gasteiger partial charge in [-0.05, 0) is 49.1 Å². The third-order valence-corrected chi connectivity index (χ3v) is 7.38. The molecule has 3 aliphatic rings. The highest BCUT2D eigenvalue weighted by Crippen LogP contribution is 2.72. The van der Waals surface area contributed by atoms with Gasteiger partial charge in [0.05, 0.1) is 5.41 Å². The van der Waals surface area contributed by atoms with Crippen molar-refractivity contribution in [1.82, 2.24) is 14.9 Å². The quantitative estimate of drug-likeness (QED) is 0.827. The number of amides is 1. The molecule has 4 nitrogen and oxygen atoms in total. The maximum Gasteiger partial charge on any atom is 0.233 e. The van der Waals surface area contributed by atoms with Crippen LogP contribution in [-0.2, 0) is 10.2 Å². The van der Waals surface area contributed by atoms with E-state index in [2.05, 4.69) is 45.2 Å². The van der Waals surface area contributed by atoms with E-state index in [0.29, 0.717) is 11.8 Å². The van der Waals surface area contributed by atoms with Gasteiger partial charge in [0.2, 0.25) is 5.91 Å². The highest BCUT2D eigenvalue weighted by atomic mass is 16.2. The van der Waals surface area contributed by atoms with Crippen molar-refractivity contribution in [3.63, 3.8) is 0 Å². The van der Waals surface area contributed by atoms with Crippen molar-refractivity contribution < 1.29 is 4.79 Å². The normalized spacial score (nSPS) is 27.0. The average molecular weight is 361 g/mol. The van der Waals surface area contributed by atoms with Crippen molar-refractivity contribution in [3.8, 4) is 0 Å². The van der Waals surface area contributed by atoms with Gasteiger partial charge in [0.1, 0.15) is 6.33 Å². The Kier molecular flexibility index (Phi) is 4.03. The first-order chi connectivity index (χ1) is 13.3. The van der Waals surface area contributed by atoms with Crippen LogP contribution < -0.4 is 0 Å². The number of carbonyl (C=O) groups excluding carboxylic acids is 1. The Hall–Kier alpha value is -2.23. The van der Waals surface area contributed by atoms with Crippen molar-refractivity contribution in [2.24, 2.45) is 5.41 Å². The lowest BCUT2D eigenvalue weighted by Gasteiger charge is -2.36. The number of piperidine rings is 1.